The van der Waals surface area contributed by atoms with E-state index in [1.807, 2.05) is 50.4 Å². The number of oxazole rings is 1. The minimum Gasteiger partial charge on any atom is -0.441 e. The van der Waals surface area contributed by atoms with Gasteiger partial charge in [0.15, 0.2) is 0 Å². The minimum absolute atomic E-state index is 0.127. The quantitative estimate of drug-likeness (QED) is 0.585. The molecule has 0 aliphatic heterocycles. The number of rotatable bonds is 5. The van der Waals surface area contributed by atoms with Gasteiger partial charge in [-0.2, -0.15) is 5.10 Å². The van der Waals surface area contributed by atoms with E-state index in [2.05, 4.69) is 20.4 Å². The number of imidazole rings is 1. The predicted octanol–water partition coefficient (Wildman–Crippen LogP) is 3.17. The van der Waals surface area contributed by atoms with E-state index in [0.717, 1.165) is 16.2 Å². The van der Waals surface area contributed by atoms with Crippen LogP contribution in [0.3, 0.4) is 0 Å². The zero-order valence-corrected chi connectivity index (χ0v) is 15.2. The van der Waals surface area contributed by atoms with Gasteiger partial charge in [-0.05, 0) is 26.0 Å². The zero-order valence-electron chi connectivity index (χ0n) is 14.3. The molecule has 0 radical (unpaired) electrons. The molecule has 4 rings (SSSR count). The smallest absolute Gasteiger partial charge is 0.226 e. The summed E-state index contributed by atoms with van der Waals surface area (Å²) in [5.41, 5.74) is 4.04. The van der Waals surface area contributed by atoms with Crippen molar-refractivity contribution >= 4 is 22.2 Å². The number of fused-ring (bicyclic) bond motifs is 1. The van der Waals surface area contributed by atoms with Gasteiger partial charge in [-0.15, -0.1) is 0 Å². The molecule has 0 spiro atoms. The van der Waals surface area contributed by atoms with Crippen molar-refractivity contribution in [1.29, 1.82) is 0 Å². The number of aromatic nitrogens is 4. The maximum absolute atomic E-state index is 12.4. The number of hydrogen-bond acceptors (Lipinski definition) is 6. The molecule has 3 heterocycles. The molecule has 0 saturated heterocycles. The second kappa shape index (κ2) is 6.72. The van der Waals surface area contributed by atoms with Crippen LogP contribution >= 0.6 is 11.3 Å². The summed E-state index contributed by atoms with van der Waals surface area (Å²) >= 11 is 1.46. The lowest BCUT2D eigenvalue weighted by atomic mass is 10.2. The molecular weight excluding hydrogens is 350 g/mol. The van der Waals surface area contributed by atoms with Gasteiger partial charge >= 0.3 is 0 Å². The summed E-state index contributed by atoms with van der Waals surface area (Å²) in [7, 11) is 0. The summed E-state index contributed by atoms with van der Waals surface area (Å²) in [6, 6.07) is 9.42. The fourth-order valence-corrected chi connectivity index (χ4v) is 3.29. The molecule has 1 N–H and O–H groups in total. The van der Waals surface area contributed by atoms with E-state index in [0.29, 0.717) is 17.3 Å². The molecule has 0 saturated carbocycles. The molecular formula is C18H17N5O2S. The molecule has 1 atom stereocenters. The highest BCUT2D eigenvalue weighted by molar-refractivity contribution is 7.14. The topological polar surface area (TPSA) is 85.3 Å². The largest absolute Gasteiger partial charge is 0.441 e. The van der Waals surface area contributed by atoms with E-state index in [1.165, 1.54) is 11.3 Å². The summed E-state index contributed by atoms with van der Waals surface area (Å²) in [6.07, 6.45) is 1.98. The van der Waals surface area contributed by atoms with E-state index in [1.54, 1.807) is 10.0 Å². The van der Waals surface area contributed by atoms with Gasteiger partial charge in [-0.25, -0.2) is 14.5 Å². The normalized spacial score (nSPS) is 12.4. The molecule has 0 bridgehead atoms. The maximum Gasteiger partial charge on any atom is 0.226 e. The number of amides is 1. The Labute approximate surface area is 153 Å². The third kappa shape index (κ3) is 3.23. The van der Waals surface area contributed by atoms with Crippen molar-refractivity contribution in [2.75, 3.05) is 0 Å². The van der Waals surface area contributed by atoms with E-state index < -0.39 is 0 Å². The third-order valence-corrected chi connectivity index (χ3v) is 4.76. The number of aryl methyl sites for hydroxylation is 1. The molecule has 4 aromatic rings. The molecule has 0 aliphatic rings. The number of carbonyl (C=O) groups excluding carboxylic acids is 1. The summed E-state index contributed by atoms with van der Waals surface area (Å²) < 4.78 is 7.41. The molecule has 1 amide bonds. The highest BCUT2D eigenvalue weighted by atomic mass is 32.1. The van der Waals surface area contributed by atoms with Crippen LogP contribution in [0.15, 0.2) is 46.5 Å². The Kier molecular flexibility index (Phi) is 4.26. The van der Waals surface area contributed by atoms with Crippen molar-refractivity contribution in [1.82, 2.24) is 24.9 Å². The van der Waals surface area contributed by atoms with Crippen molar-refractivity contribution in [3.8, 4) is 11.5 Å². The Hall–Kier alpha value is -3.00. The van der Waals surface area contributed by atoms with E-state index >= 15 is 0 Å². The van der Waals surface area contributed by atoms with Crippen LogP contribution in [-0.4, -0.2) is 25.5 Å². The van der Waals surface area contributed by atoms with Crippen molar-refractivity contribution in [2.45, 2.75) is 26.3 Å². The first kappa shape index (κ1) is 16.5. The molecule has 1 aromatic carbocycles. The summed E-state index contributed by atoms with van der Waals surface area (Å²) in [5, 5.41) is 7.10. The average Bonchev–Trinajstić information content (AvgIpc) is 3.31. The SMILES string of the molecule is Cc1oc(-c2ccccc2)nc1CC(=O)N[C@@H](C)c1cn2ncsc2n1. The summed E-state index contributed by atoms with van der Waals surface area (Å²) in [4.78, 5) is 22.1. The molecule has 8 heteroatoms. The Bertz CT molecular complexity index is 1020. The van der Waals surface area contributed by atoms with Gasteiger partial charge in [0.25, 0.3) is 0 Å². The van der Waals surface area contributed by atoms with Crippen LogP contribution in [-0.2, 0) is 11.2 Å². The molecule has 0 aliphatic carbocycles. The Balaban J connectivity index is 1.44. The van der Waals surface area contributed by atoms with Crippen LogP contribution < -0.4 is 5.32 Å². The van der Waals surface area contributed by atoms with Gasteiger partial charge in [0.2, 0.25) is 16.8 Å². The highest BCUT2D eigenvalue weighted by Crippen LogP contribution is 2.22. The molecule has 132 valence electrons. The van der Waals surface area contributed by atoms with Crippen LogP contribution in [0.1, 0.15) is 30.1 Å². The lowest BCUT2D eigenvalue weighted by Crippen LogP contribution is -2.28. The van der Waals surface area contributed by atoms with Crippen molar-refractivity contribution in [2.24, 2.45) is 0 Å². The third-order valence-electron chi connectivity index (χ3n) is 4.07. The fraction of sp³-hybridized carbons (Fsp3) is 0.222. The number of carbonyl (C=O) groups is 1. The van der Waals surface area contributed by atoms with Crippen molar-refractivity contribution in [3.63, 3.8) is 0 Å². The van der Waals surface area contributed by atoms with Gasteiger partial charge in [0.1, 0.15) is 11.3 Å². The first-order chi connectivity index (χ1) is 12.6. The molecule has 26 heavy (non-hydrogen) atoms. The maximum atomic E-state index is 12.4. The van der Waals surface area contributed by atoms with Crippen LogP contribution in [0.4, 0.5) is 0 Å². The van der Waals surface area contributed by atoms with Gasteiger partial charge in [-0.1, -0.05) is 29.5 Å². The second-order valence-electron chi connectivity index (χ2n) is 5.99. The number of nitrogens with one attached hydrogen (secondary N) is 1. The number of nitrogens with zero attached hydrogens (tertiary/aromatic N) is 4. The van der Waals surface area contributed by atoms with Gasteiger partial charge in [0, 0.05) is 5.56 Å². The predicted molar refractivity (Wildman–Crippen MR) is 97.8 cm³/mol. The van der Waals surface area contributed by atoms with E-state index in [9.17, 15) is 4.79 Å². The van der Waals surface area contributed by atoms with Gasteiger partial charge < -0.3 is 9.73 Å². The molecule has 0 unspecified atom stereocenters. The van der Waals surface area contributed by atoms with Crippen LogP contribution in [0.5, 0.6) is 0 Å². The lowest BCUT2D eigenvalue weighted by molar-refractivity contribution is -0.121. The van der Waals surface area contributed by atoms with Crippen LogP contribution in [0, 0.1) is 6.92 Å². The summed E-state index contributed by atoms with van der Waals surface area (Å²) in [6.45, 7) is 3.72. The standard InChI is InChI=1S/C18H17N5O2S/c1-11(15-9-23-18(22-15)26-10-19-23)20-16(24)8-14-12(2)25-17(21-14)13-6-4-3-5-7-13/h3-7,9-11H,8H2,1-2H3,(H,20,24)/t11-/m0/s1. The minimum atomic E-state index is -0.211. The van der Waals surface area contributed by atoms with Gasteiger partial charge in [-0.3, -0.25) is 4.79 Å². The lowest BCUT2D eigenvalue weighted by Gasteiger charge is -2.10. The number of hydrogen-bond donors (Lipinski definition) is 1. The van der Waals surface area contributed by atoms with Crippen LogP contribution in [0.2, 0.25) is 0 Å². The van der Waals surface area contributed by atoms with Crippen molar-refractivity contribution in [3.05, 3.63) is 59.2 Å². The van der Waals surface area contributed by atoms with Gasteiger partial charge in [0.05, 0.1) is 30.0 Å². The van der Waals surface area contributed by atoms with Crippen LogP contribution in [0.25, 0.3) is 16.4 Å². The number of benzene rings is 1. The first-order valence-electron chi connectivity index (χ1n) is 8.20. The monoisotopic (exact) mass is 367 g/mol. The van der Waals surface area contributed by atoms with E-state index in [4.69, 9.17) is 4.42 Å². The molecule has 7 nitrogen and oxygen atoms in total. The first-order valence-corrected chi connectivity index (χ1v) is 9.08. The second-order valence-corrected chi connectivity index (χ2v) is 6.80. The summed E-state index contributed by atoms with van der Waals surface area (Å²) in [5.74, 6) is 1.05. The Morgan fingerprint density at radius 3 is 2.88 bits per heavy atom. The Morgan fingerprint density at radius 2 is 2.12 bits per heavy atom. The molecule has 3 aromatic heterocycles. The zero-order chi connectivity index (χ0) is 18.1. The Morgan fingerprint density at radius 1 is 1.31 bits per heavy atom. The fourth-order valence-electron chi connectivity index (χ4n) is 2.68. The highest BCUT2D eigenvalue weighted by Gasteiger charge is 2.18. The van der Waals surface area contributed by atoms with E-state index in [-0.39, 0.29) is 18.4 Å². The average molecular weight is 367 g/mol. The molecule has 0 fully saturated rings. The van der Waals surface area contributed by atoms with Crippen molar-refractivity contribution < 1.29 is 9.21 Å².